The molecule has 1 unspecified atom stereocenters. The number of carbonyl (C=O) groups is 1. The van der Waals surface area contributed by atoms with Crippen LogP contribution >= 0.6 is 0 Å². The molecule has 0 aromatic heterocycles. The normalized spacial score (nSPS) is 15.9. The molecular formula is C9H21AsOSi. The third-order valence-corrected chi connectivity index (χ3v) is 20.4. The van der Waals surface area contributed by atoms with Crippen LogP contribution in [0.1, 0.15) is 20.8 Å². The minimum absolute atomic E-state index is 0.102. The Labute approximate surface area is 81.6 Å². The predicted octanol–water partition coefficient (Wildman–Crippen LogP) is 2.68. The molecule has 1 atom stereocenters. The zero-order chi connectivity index (χ0) is 10.2. The molecule has 0 aliphatic carbocycles. The van der Waals surface area contributed by atoms with Gasteiger partial charge in [-0.1, -0.05) is 0 Å². The van der Waals surface area contributed by atoms with E-state index in [0.29, 0.717) is 4.57 Å². The number of rotatable bonds is 2. The van der Waals surface area contributed by atoms with Gasteiger partial charge in [0.05, 0.1) is 0 Å². The maximum atomic E-state index is 11.9. The Hall–Kier alpha value is 0.445. The predicted molar refractivity (Wildman–Crippen MR) is 59.4 cm³/mol. The van der Waals surface area contributed by atoms with E-state index in [-0.39, 0.29) is 5.41 Å². The van der Waals surface area contributed by atoms with E-state index in [9.17, 15) is 4.79 Å². The standard InChI is InChI=1S/C9H21AsOSi/c1-9(2,3)8(11)10(4)12(5,6)7/h1-7H3. The molecule has 0 rings (SSSR count). The molecule has 12 heavy (non-hydrogen) atoms. The summed E-state index contributed by atoms with van der Waals surface area (Å²) in [6, 6.07) is 0. The van der Waals surface area contributed by atoms with Crippen molar-refractivity contribution in [2.45, 2.75) is 46.1 Å². The second kappa shape index (κ2) is 3.67. The van der Waals surface area contributed by atoms with Gasteiger partial charge in [0.2, 0.25) is 0 Å². The molecule has 0 aliphatic rings. The molecule has 0 saturated heterocycles. The van der Waals surface area contributed by atoms with Gasteiger partial charge < -0.3 is 0 Å². The van der Waals surface area contributed by atoms with Crippen molar-refractivity contribution in [3.63, 3.8) is 0 Å². The Kier molecular flexibility index (Phi) is 3.81. The number of hydrogen-bond acceptors (Lipinski definition) is 1. The van der Waals surface area contributed by atoms with Gasteiger partial charge in [-0.15, -0.1) is 0 Å². The van der Waals surface area contributed by atoms with Gasteiger partial charge in [0.25, 0.3) is 0 Å². The Morgan fingerprint density at radius 1 is 1.17 bits per heavy atom. The average Bonchev–Trinajstić information content (AvgIpc) is 1.80. The zero-order valence-corrected chi connectivity index (χ0v) is 12.2. The van der Waals surface area contributed by atoms with Crippen LogP contribution in [0.5, 0.6) is 0 Å². The van der Waals surface area contributed by atoms with Crippen LogP contribution in [0.15, 0.2) is 0 Å². The van der Waals surface area contributed by atoms with Crippen molar-refractivity contribution >= 4 is 25.1 Å². The fraction of sp³-hybridized carbons (Fsp3) is 0.889. The summed E-state index contributed by atoms with van der Waals surface area (Å²) in [6.07, 6.45) is 0. The van der Waals surface area contributed by atoms with Crippen LogP contribution in [0.25, 0.3) is 0 Å². The zero-order valence-electron chi connectivity index (χ0n) is 9.36. The van der Waals surface area contributed by atoms with Crippen molar-refractivity contribution < 1.29 is 4.79 Å². The minimum atomic E-state index is -1.18. The van der Waals surface area contributed by atoms with E-state index in [1.54, 1.807) is 0 Å². The average molecular weight is 248 g/mol. The molecule has 0 amide bonds. The molecule has 72 valence electrons. The van der Waals surface area contributed by atoms with Gasteiger partial charge in [-0.2, -0.15) is 0 Å². The molecule has 0 aromatic rings. The van der Waals surface area contributed by atoms with Gasteiger partial charge in [-0.05, 0) is 0 Å². The van der Waals surface area contributed by atoms with Crippen LogP contribution < -0.4 is 0 Å². The quantitative estimate of drug-likeness (QED) is 0.687. The summed E-state index contributed by atoms with van der Waals surface area (Å²) in [7, 11) is 0. The third kappa shape index (κ3) is 3.45. The second-order valence-corrected chi connectivity index (χ2v) is 24.8. The fourth-order valence-corrected chi connectivity index (χ4v) is 9.11. The molecule has 0 aliphatic heterocycles. The van der Waals surface area contributed by atoms with Crippen LogP contribution in [0.2, 0.25) is 25.4 Å². The third-order valence-electron chi connectivity index (χ3n) is 1.95. The van der Waals surface area contributed by atoms with Crippen LogP contribution in [0.3, 0.4) is 0 Å². The van der Waals surface area contributed by atoms with E-state index in [1.165, 1.54) is 0 Å². The Balaban J connectivity index is 4.53. The van der Waals surface area contributed by atoms with Gasteiger partial charge in [0, 0.05) is 0 Å². The topological polar surface area (TPSA) is 17.1 Å². The van der Waals surface area contributed by atoms with Crippen LogP contribution in [-0.2, 0) is 4.79 Å². The summed E-state index contributed by atoms with van der Waals surface area (Å²) in [5, 5.41) is 0. The summed E-state index contributed by atoms with van der Waals surface area (Å²) < 4.78 is 0.564. The van der Waals surface area contributed by atoms with Crippen molar-refractivity contribution in [2.24, 2.45) is 5.41 Å². The monoisotopic (exact) mass is 248 g/mol. The molecule has 0 radical (unpaired) electrons. The van der Waals surface area contributed by atoms with Gasteiger partial charge in [0.15, 0.2) is 0 Å². The van der Waals surface area contributed by atoms with E-state index in [0.717, 1.165) is 0 Å². The van der Waals surface area contributed by atoms with Crippen molar-refractivity contribution in [1.82, 2.24) is 0 Å². The molecule has 0 fully saturated rings. The number of hydrogen-bond donors (Lipinski definition) is 0. The first-order valence-corrected chi connectivity index (χ1v) is 13.4. The van der Waals surface area contributed by atoms with Gasteiger partial charge in [-0.3, -0.25) is 0 Å². The van der Waals surface area contributed by atoms with E-state index >= 15 is 0 Å². The molecule has 0 heterocycles. The summed E-state index contributed by atoms with van der Waals surface area (Å²) in [5.41, 5.74) is 2.13. The molecule has 0 saturated carbocycles. The summed E-state index contributed by atoms with van der Waals surface area (Å²) in [6.45, 7) is 11.9. The Bertz CT molecular complexity index is 176. The molecule has 0 N–H and O–H groups in total. The molecule has 0 spiro atoms. The SMILES string of the molecule is C[As](C(=O)C(C)(C)C)[Si](C)(C)C. The van der Waals surface area contributed by atoms with Crippen LogP contribution in [0.4, 0.5) is 0 Å². The Morgan fingerprint density at radius 3 is 1.58 bits per heavy atom. The first kappa shape index (κ1) is 12.4. The van der Waals surface area contributed by atoms with E-state index in [1.807, 2.05) is 20.8 Å². The summed E-state index contributed by atoms with van der Waals surface area (Å²) >= 11 is -1.18. The molecular weight excluding hydrogens is 227 g/mol. The van der Waals surface area contributed by atoms with Crippen molar-refractivity contribution in [2.75, 3.05) is 0 Å². The molecule has 3 heteroatoms. The van der Waals surface area contributed by atoms with Crippen molar-refractivity contribution in [1.29, 1.82) is 0 Å². The van der Waals surface area contributed by atoms with Crippen molar-refractivity contribution in [3.05, 3.63) is 0 Å². The van der Waals surface area contributed by atoms with Crippen LogP contribution in [0, 0.1) is 5.41 Å². The second-order valence-electron chi connectivity index (χ2n) is 5.28. The first-order chi connectivity index (χ1) is 5.07. The van der Waals surface area contributed by atoms with Gasteiger partial charge >= 0.3 is 81.4 Å². The van der Waals surface area contributed by atoms with E-state index in [4.69, 9.17) is 0 Å². The van der Waals surface area contributed by atoms with E-state index in [2.05, 4.69) is 25.4 Å². The molecule has 0 aromatic carbocycles. The molecule has 0 bridgehead atoms. The van der Waals surface area contributed by atoms with Gasteiger partial charge in [-0.25, -0.2) is 0 Å². The maximum absolute atomic E-state index is 11.9. The first-order valence-electron chi connectivity index (χ1n) is 4.35. The van der Waals surface area contributed by atoms with Crippen molar-refractivity contribution in [3.8, 4) is 0 Å². The fourth-order valence-electron chi connectivity index (χ4n) is 0.808. The van der Waals surface area contributed by atoms with Gasteiger partial charge in [0.1, 0.15) is 0 Å². The molecule has 1 nitrogen and oxygen atoms in total. The van der Waals surface area contributed by atoms with Crippen LogP contribution in [-0.4, -0.2) is 25.1 Å². The summed E-state index contributed by atoms with van der Waals surface area (Å²) in [4.78, 5) is 11.9. The van der Waals surface area contributed by atoms with E-state index < -0.39 is 20.5 Å². The summed E-state index contributed by atoms with van der Waals surface area (Å²) in [5.74, 6) is 0. The number of carbonyl (C=O) groups excluding carboxylic acids is 1. The Morgan fingerprint density at radius 2 is 1.50 bits per heavy atom.